The van der Waals surface area contributed by atoms with Gasteiger partial charge in [-0.25, -0.2) is 0 Å². The molecule has 0 N–H and O–H groups in total. The van der Waals surface area contributed by atoms with Crippen LogP contribution in [0.3, 0.4) is 0 Å². The largest absolute Gasteiger partial charge is 0.333 e. The minimum atomic E-state index is -0.133. The number of halogens is 1. The van der Waals surface area contributed by atoms with Gasteiger partial charge in [0.2, 0.25) is 0 Å². The smallest absolute Gasteiger partial charge is 0.169 e. The second-order valence-electron chi connectivity index (χ2n) is 6.88. The molecule has 1 atom stereocenters. The minimum absolute atomic E-state index is 0. The van der Waals surface area contributed by atoms with E-state index in [0.29, 0.717) is 24.2 Å². The van der Waals surface area contributed by atoms with E-state index in [2.05, 4.69) is 11.1 Å². The van der Waals surface area contributed by atoms with Crippen LogP contribution in [0.2, 0.25) is 0 Å². The maximum Gasteiger partial charge on any atom is 0.169 e. The minimum Gasteiger partial charge on any atom is -0.333 e. The lowest BCUT2D eigenvalue weighted by Gasteiger charge is -2.31. The highest BCUT2D eigenvalue weighted by Gasteiger charge is 2.27. The van der Waals surface area contributed by atoms with Crippen LogP contribution in [0.4, 0.5) is 0 Å². The van der Waals surface area contributed by atoms with E-state index in [4.69, 9.17) is 5.26 Å². The molecule has 4 nitrogen and oxygen atoms in total. The lowest BCUT2D eigenvalue weighted by atomic mass is 9.93. The monoisotopic (exact) mass is 389 g/mol. The lowest BCUT2D eigenvalue weighted by molar-refractivity contribution is 0.0909. The van der Waals surface area contributed by atoms with Crippen molar-refractivity contribution in [3.8, 4) is 17.2 Å². The molecular weight excluding hydrogens is 370 g/mol. The number of hydrogen-bond donors (Lipinski definition) is 0. The zero-order valence-corrected chi connectivity index (χ0v) is 16.3. The molecule has 5 heteroatoms. The van der Waals surface area contributed by atoms with Crippen molar-refractivity contribution >= 4 is 24.0 Å². The fourth-order valence-electron chi connectivity index (χ4n) is 3.37. The summed E-state index contributed by atoms with van der Waals surface area (Å²) in [5, 5.41) is 8.90. The van der Waals surface area contributed by atoms with Crippen molar-refractivity contribution in [3.63, 3.8) is 0 Å². The number of hydrogen-bond acceptors (Lipinski definition) is 4. The van der Waals surface area contributed by atoms with Gasteiger partial charge in [0.25, 0.3) is 0 Å². The van der Waals surface area contributed by atoms with Crippen LogP contribution < -0.4 is 0 Å². The Morgan fingerprint density at radius 2 is 1.75 bits per heavy atom. The number of ketones is 1. The quantitative estimate of drug-likeness (QED) is 0.719. The molecule has 2 aromatic carbocycles. The molecule has 140 valence electrons. The number of carbonyl (C=O) groups is 1. The molecule has 2 heterocycles. The van der Waals surface area contributed by atoms with Crippen LogP contribution in [-0.2, 0) is 0 Å². The molecule has 0 spiro atoms. The van der Waals surface area contributed by atoms with E-state index < -0.39 is 0 Å². The molecule has 0 radical (unpaired) electrons. The maximum absolute atomic E-state index is 12.9. The molecule has 4 rings (SSSR count). The highest BCUT2D eigenvalue weighted by atomic mass is 35.5. The van der Waals surface area contributed by atoms with Crippen molar-refractivity contribution in [2.75, 3.05) is 13.1 Å². The van der Waals surface area contributed by atoms with Crippen LogP contribution in [0.1, 0.15) is 22.8 Å². The normalized spacial score (nSPS) is 17.6. The van der Waals surface area contributed by atoms with Gasteiger partial charge < -0.3 is 4.90 Å². The first-order valence-electron chi connectivity index (χ1n) is 8.96. The van der Waals surface area contributed by atoms with Crippen molar-refractivity contribution in [3.05, 3.63) is 83.6 Å². The Balaban J connectivity index is 0.00000225. The third-order valence-corrected chi connectivity index (χ3v) is 4.95. The van der Waals surface area contributed by atoms with Crippen molar-refractivity contribution < 1.29 is 4.79 Å². The Kier molecular flexibility index (Phi) is 5.77. The molecule has 0 aliphatic carbocycles. The molecule has 2 aromatic rings. The number of aliphatic imine (C=N–C) groups is 1. The number of nitriles is 1. The van der Waals surface area contributed by atoms with E-state index in [1.807, 2.05) is 66.6 Å². The molecular formula is C23H20ClN3O. The van der Waals surface area contributed by atoms with E-state index in [1.54, 1.807) is 12.1 Å². The van der Waals surface area contributed by atoms with Gasteiger partial charge in [-0.15, -0.1) is 12.4 Å². The Bertz CT molecular complexity index is 1010. The molecule has 2 aliphatic heterocycles. The summed E-state index contributed by atoms with van der Waals surface area (Å²) in [6, 6.07) is 17.2. The molecule has 0 saturated carbocycles. The van der Waals surface area contributed by atoms with Crippen LogP contribution in [0.5, 0.6) is 0 Å². The zero-order chi connectivity index (χ0) is 18.8. The van der Waals surface area contributed by atoms with Gasteiger partial charge in [0.05, 0.1) is 24.1 Å². The summed E-state index contributed by atoms with van der Waals surface area (Å²) in [7, 11) is 0. The number of rotatable bonds is 3. The zero-order valence-electron chi connectivity index (χ0n) is 15.5. The Labute approximate surface area is 170 Å². The standard InChI is InChI=1S/C23H19N3O.ClH/c1-16-10-11-26-15-21(14-25-22(26)12-16)23(27)20-8-6-19(7-9-20)18-4-2-17(13-24)3-5-18;/h2-12,21H,14-15H2,1H3;1H. The summed E-state index contributed by atoms with van der Waals surface area (Å²) in [5.74, 6) is 0.935. The van der Waals surface area contributed by atoms with E-state index >= 15 is 0 Å². The predicted octanol–water partition coefficient (Wildman–Crippen LogP) is 4.63. The Hall–Kier alpha value is -3.16. The number of Topliss-reactive ketones (excluding diaryl/α,β-unsaturated/α-hetero) is 1. The fourth-order valence-corrected chi connectivity index (χ4v) is 3.37. The topological polar surface area (TPSA) is 56.5 Å². The average molecular weight is 390 g/mol. The van der Waals surface area contributed by atoms with Gasteiger partial charge in [-0.05, 0) is 47.9 Å². The van der Waals surface area contributed by atoms with Crippen molar-refractivity contribution in [1.82, 2.24) is 4.90 Å². The third-order valence-electron chi connectivity index (χ3n) is 4.95. The van der Waals surface area contributed by atoms with Gasteiger partial charge in [0.15, 0.2) is 5.78 Å². The summed E-state index contributed by atoms with van der Waals surface area (Å²) in [6.45, 7) is 3.23. The molecule has 0 amide bonds. The van der Waals surface area contributed by atoms with Gasteiger partial charge in [0.1, 0.15) is 5.84 Å². The van der Waals surface area contributed by atoms with E-state index in [-0.39, 0.29) is 24.1 Å². The molecule has 0 bridgehead atoms. The first-order chi connectivity index (χ1) is 13.1. The van der Waals surface area contributed by atoms with E-state index in [0.717, 1.165) is 17.0 Å². The predicted molar refractivity (Wildman–Crippen MR) is 114 cm³/mol. The molecule has 0 aromatic heterocycles. The van der Waals surface area contributed by atoms with Crippen LogP contribution in [0.15, 0.2) is 77.4 Å². The summed E-state index contributed by atoms with van der Waals surface area (Å²) in [5.41, 5.74) is 4.58. The third kappa shape index (κ3) is 3.90. The molecule has 0 saturated heterocycles. The van der Waals surface area contributed by atoms with Gasteiger partial charge in [0, 0.05) is 18.3 Å². The molecule has 28 heavy (non-hydrogen) atoms. The lowest BCUT2D eigenvalue weighted by Crippen LogP contribution is -2.40. The summed E-state index contributed by atoms with van der Waals surface area (Å²) in [6.07, 6.45) is 6.09. The van der Waals surface area contributed by atoms with Gasteiger partial charge in [-0.2, -0.15) is 5.26 Å². The van der Waals surface area contributed by atoms with Crippen LogP contribution in [0, 0.1) is 17.2 Å². The second kappa shape index (κ2) is 8.24. The summed E-state index contributed by atoms with van der Waals surface area (Å²) >= 11 is 0. The number of allylic oxidation sites excluding steroid dienone is 2. The van der Waals surface area contributed by atoms with Crippen molar-refractivity contribution in [1.29, 1.82) is 5.26 Å². The number of carbonyl (C=O) groups excluding carboxylic acids is 1. The van der Waals surface area contributed by atoms with E-state index in [1.165, 1.54) is 5.57 Å². The SMILES string of the molecule is CC1=CC2=NCC(C(=O)c3ccc(-c4ccc(C#N)cc4)cc3)CN2C=C1.Cl. The Morgan fingerprint density at radius 1 is 1.11 bits per heavy atom. The molecule has 0 fully saturated rings. The van der Waals surface area contributed by atoms with Crippen LogP contribution in [-0.4, -0.2) is 29.6 Å². The Morgan fingerprint density at radius 3 is 2.39 bits per heavy atom. The van der Waals surface area contributed by atoms with Crippen LogP contribution in [0.25, 0.3) is 11.1 Å². The highest BCUT2D eigenvalue weighted by Crippen LogP contribution is 2.23. The first kappa shape index (κ1) is 19.6. The number of benzene rings is 2. The number of fused-ring (bicyclic) bond motifs is 1. The molecule has 2 aliphatic rings. The van der Waals surface area contributed by atoms with Crippen LogP contribution >= 0.6 is 12.4 Å². The van der Waals surface area contributed by atoms with Crippen molar-refractivity contribution in [2.24, 2.45) is 10.9 Å². The van der Waals surface area contributed by atoms with Gasteiger partial charge in [-0.3, -0.25) is 9.79 Å². The van der Waals surface area contributed by atoms with Crippen molar-refractivity contribution in [2.45, 2.75) is 6.92 Å². The summed E-state index contributed by atoms with van der Waals surface area (Å²) in [4.78, 5) is 19.5. The summed E-state index contributed by atoms with van der Waals surface area (Å²) < 4.78 is 0. The average Bonchev–Trinajstić information content (AvgIpc) is 2.73. The van der Waals surface area contributed by atoms with Gasteiger partial charge >= 0.3 is 0 Å². The second-order valence-corrected chi connectivity index (χ2v) is 6.88. The molecule has 1 unspecified atom stereocenters. The highest BCUT2D eigenvalue weighted by molar-refractivity contribution is 6.01. The first-order valence-corrected chi connectivity index (χ1v) is 8.96. The fraction of sp³-hybridized carbons (Fsp3) is 0.174. The van der Waals surface area contributed by atoms with E-state index in [9.17, 15) is 4.79 Å². The van der Waals surface area contributed by atoms with Gasteiger partial charge in [-0.1, -0.05) is 36.4 Å². The maximum atomic E-state index is 12.9. The number of nitrogens with zero attached hydrogens (tertiary/aromatic N) is 3. The number of amidine groups is 1.